The quantitative estimate of drug-likeness (QED) is 0.250. The van der Waals surface area contributed by atoms with Gasteiger partial charge in [0, 0.05) is 23.7 Å². The first-order valence-electron chi connectivity index (χ1n) is 10.7. The Morgan fingerprint density at radius 1 is 1.06 bits per heavy atom. The Hall–Kier alpha value is -2.80. The van der Waals surface area contributed by atoms with Crippen LogP contribution in [-0.4, -0.2) is 24.7 Å². The van der Waals surface area contributed by atoms with Crippen molar-refractivity contribution in [2.24, 2.45) is 0 Å². The summed E-state index contributed by atoms with van der Waals surface area (Å²) in [5.41, 5.74) is 0.483. The van der Waals surface area contributed by atoms with Gasteiger partial charge in [0.05, 0.1) is 21.5 Å². The van der Waals surface area contributed by atoms with Crippen molar-refractivity contribution in [3.8, 4) is 6.07 Å². The summed E-state index contributed by atoms with van der Waals surface area (Å²) in [6.45, 7) is 3.41. The Kier molecular flexibility index (Phi) is 9.23. The highest BCUT2D eigenvalue weighted by molar-refractivity contribution is 7.89. The summed E-state index contributed by atoms with van der Waals surface area (Å²) in [7, 11) is -3.98. The van der Waals surface area contributed by atoms with Gasteiger partial charge in [-0.2, -0.15) is 9.57 Å². The molecule has 1 amide bonds. The minimum absolute atomic E-state index is 0.0199. The highest BCUT2D eigenvalue weighted by atomic mass is 35.5. The van der Waals surface area contributed by atoms with Gasteiger partial charge in [0.25, 0.3) is 5.91 Å². The molecule has 1 aromatic heterocycles. The van der Waals surface area contributed by atoms with Gasteiger partial charge >= 0.3 is 0 Å². The van der Waals surface area contributed by atoms with Crippen LogP contribution in [0.15, 0.2) is 69.5 Å². The van der Waals surface area contributed by atoms with Crippen molar-refractivity contribution in [3.63, 3.8) is 0 Å². The molecule has 3 rings (SSSR count). The summed E-state index contributed by atoms with van der Waals surface area (Å²) >= 11 is 18.1. The summed E-state index contributed by atoms with van der Waals surface area (Å²) < 4.78 is 34.0. The number of sulfonamides is 1. The molecular weight excluding hydrogens is 545 g/mol. The van der Waals surface area contributed by atoms with Crippen molar-refractivity contribution in [1.29, 1.82) is 5.26 Å². The molecule has 188 valence electrons. The van der Waals surface area contributed by atoms with Crippen LogP contribution in [-0.2, 0) is 27.9 Å². The number of nitrogens with one attached hydrogen (secondary N) is 1. The van der Waals surface area contributed by atoms with Crippen LogP contribution in [0.5, 0.6) is 0 Å². The Bertz CT molecular complexity index is 1430. The van der Waals surface area contributed by atoms with E-state index in [1.807, 2.05) is 6.07 Å². The Morgan fingerprint density at radius 2 is 1.75 bits per heavy atom. The van der Waals surface area contributed by atoms with E-state index in [0.717, 1.165) is 0 Å². The Morgan fingerprint density at radius 3 is 2.36 bits per heavy atom. The molecule has 0 aliphatic rings. The van der Waals surface area contributed by atoms with Crippen LogP contribution in [0.4, 0.5) is 0 Å². The van der Waals surface area contributed by atoms with E-state index in [1.165, 1.54) is 34.6 Å². The zero-order chi connectivity index (χ0) is 26.5. The predicted octanol–water partition coefficient (Wildman–Crippen LogP) is 6.06. The third-order valence-electron chi connectivity index (χ3n) is 4.88. The molecule has 0 atom stereocenters. The molecular formula is C25H22Cl3N3O4S. The number of amides is 1. The smallest absolute Gasteiger partial charge is 0.262 e. The van der Waals surface area contributed by atoms with Gasteiger partial charge < -0.3 is 9.73 Å². The normalized spacial score (nSPS) is 12.1. The van der Waals surface area contributed by atoms with Crippen molar-refractivity contribution in [2.45, 2.75) is 37.9 Å². The predicted molar refractivity (Wildman–Crippen MR) is 140 cm³/mol. The summed E-state index contributed by atoms with van der Waals surface area (Å²) in [6, 6.07) is 15.5. The first-order valence-corrected chi connectivity index (χ1v) is 13.3. The maximum atomic E-state index is 13.5. The molecule has 0 saturated heterocycles. The average Bonchev–Trinajstić information content (AvgIpc) is 3.26. The zero-order valence-electron chi connectivity index (χ0n) is 19.3. The molecule has 0 aliphatic heterocycles. The van der Waals surface area contributed by atoms with E-state index in [2.05, 4.69) is 5.32 Å². The minimum atomic E-state index is -3.98. The van der Waals surface area contributed by atoms with Gasteiger partial charge in [-0.25, -0.2) is 8.42 Å². The fourth-order valence-corrected chi connectivity index (χ4v) is 5.03. The molecule has 2 aromatic carbocycles. The van der Waals surface area contributed by atoms with Gasteiger partial charge in [0.15, 0.2) is 0 Å². The molecule has 7 nitrogen and oxygen atoms in total. The standard InChI is InChI=1S/C25H22Cl3N3O4S/c1-16(2)30-25(32)18(13-29)12-20-6-7-21(35-20)15-31(14-17-3-10-23(27)24(28)11-17)36(33,34)22-8-4-19(26)5-9-22/h3-12,16H,14-15H2,1-2H3,(H,30,32)/b18-12-. The molecule has 1 N–H and O–H groups in total. The number of nitrogens with zero attached hydrogens (tertiary/aromatic N) is 2. The molecule has 0 unspecified atom stereocenters. The summed E-state index contributed by atoms with van der Waals surface area (Å²) in [5, 5.41) is 13.0. The minimum Gasteiger partial charge on any atom is -0.460 e. The fourth-order valence-electron chi connectivity index (χ4n) is 3.18. The molecule has 1 heterocycles. The second-order valence-corrected chi connectivity index (χ2v) is 11.3. The third kappa shape index (κ3) is 7.12. The number of hydrogen-bond acceptors (Lipinski definition) is 5. The van der Waals surface area contributed by atoms with Crippen molar-refractivity contribution in [3.05, 3.63) is 92.3 Å². The lowest BCUT2D eigenvalue weighted by atomic mass is 10.2. The molecule has 3 aromatic rings. The van der Waals surface area contributed by atoms with Gasteiger partial charge in [-0.1, -0.05) is 40.9 Å². The highest BCUT2D eigenvalue weighted by Crippen LogP contribution is 2.27. The lowest BCUT2D eigenvalue weighted by Gasteiger charge is -2.22. The molecule has 0 spiro atoms. The number of nitriles is 1. The number of furan rings is 1. The summed E-state index contributed by atoms with van der Waals surface area (Å²) in [6.07, 6.45) is 1.30. The van der Waals surface area contributed by atoms with E-state index in [4.69, 9.17) is 39.2 Å². The second kappa shape index (κ2) is 12.0. The van der Waals surface area contributed by atoms with Crippen LogP contribution in [0, 0.1) is 11.3 Å². The Balaban J connectivity index is 1.93. The summed E-state index contributed by atoms with van der Waals surface area (Å²) in [5.74, 6) is 0.0104. The maximum absolute atomic E-state index is 13.5. The number of benzene rings is 2. The van der Waals surface area contributed by atoms with E-state index in [9.17, 15) is 18.5 Å². The number of rotatable bonds is 9. The number of halogens is 3. The van der Waals surface area contributed by atoms with Gasteiger partial charge in [-0.3, -0.25) is 4.79 Å². The number of carbonyl (C=O) groups is 1. The molecule has 0 bridgehead atoms. The van der Waals surface area contributed by atoms with Gasteiger partial charge in [0.1, 0.15) is 23.2 Å². The number of carbonyl (C=O) groups excluding carboxylic acids is 1. The summed E-state index contributed by atoms with van der Waals surface area (Å²) in [4.78, 5) is 12.2. The average molecular weight is 567 g/mol. The SMILES string of the molecule is CC(C)NC(=O)/C(C#N)=C\c1ccc(CN(Cc2ccc(Cl)c(Cl)c2)S(=O)(=O)c2ccc(Cl)cc2)o1. The lowest BCUT2D eigenvalue weighted by molar-refractivity contribution is -0.117. The molecule has 0 radical (unpaired) electrons. The number of hydrogen-bond donors (Lipinski definition) is 1. The van der Waals surface area contributed by atoms with Crippen molar-refractivity contribution >= 4 is 56.8 Å². The van der Waals surface area contributed by atoms with Crippen molar-refractivity contribution in [2.75, 3.05) is 0 Å². The topological polar surface area (TPSA) is 103 Å². The molecule has 36 heavy (non-hydrogen) atoms. The Labute approximate surface area is 224 Å². The first-order chi connectivity index (χ1) is 17.0. The van der Waals surface area contributed by atoms with Crippen LogP contribution >= 0.6 is 34.8 Å². The van der Waals surface area contributed by atoms with E-state index < -0.39 is 15.9 Å². The maximum Gasteiger partial charge on any atom is 0.262 e. The van der Waals surface area contributed by atoms with E-state index >= 15 is 0 Å². The van der Waals surface area contributed by atoms with Gasteiger partial charge in [-0.05, 0) is 67.9 Å². The van der Waals surface area contributed by atoms with Crippen LogP contribution in [0.25, 0.3) is 6.08 Å². The van der Waals surface area contributed by atoms with E-state index in [1.54, 1.807) is 44.2 Å². The lowest BCUT2D eigenvalue weighted by Crippen LogP contribution is -2.30. The molecule has 0 saturated carbocycles. The van der Waals surface area contributed by atoms with Gasteiger partial charge in [-0.15, -0.1) is 0 Å². The second-order valence-electron chi connectivity index (χ2n) is 8.08. The van der Waals surface area contributed by atoms with Crippen LogP contribution in [0.2, 0.25) is 15.1 Å². The van der Waals surface area contributed by atoms with Crippen molar-refractivity contribution in [1.82, 2.24) is 9.62 Å². The monoisotopic (exact) mass is 565 g/mol. The third-order valence-corrected chi connectivity index (χ3v) is 7.68. The molecule has 11 heteroatoms. The highest BCUT2D eigenvalue weighted by Gasteiger charge is 2.26. The van der Waals surface area contributed by atoms with Crippen LogP contribution in [0.3, 0.4) is 0 Å². The van der Waals surface area contributed by atoms with E-state index in [0.29, 0.717) is 26.4 Å². The molecule has 0 aliphatic carbocycles. The largest absolute Gasteiger partial charge is 0.460 e. The first kappa shape index (κ1) is 27.8. The van der Waals surface area contributed by atoms with E-state index in [-0.39, 0.29) is 35.4 Å². The fraction of sp³-hybridized carbons (Fsp3) is 0.200. The van der Waals surface area contributed by atoms with Crippen LogP contribution in [0.1, 0.15) is 30.9 Å². The van der Waals surface area contributed by atoms with Crippen molar-refractivity contribution < 1.29 is 17.6 Å². The van der Waals surface area contributed by atoms with Crippen LogP contribution < -0.4 is 5.32 Å². The molecule has 0 fully saturated rings. The zero-order valence-corrected chi connectivity index (χ0v) is 22.4. The van der Waals surface area contributed by atoms with Gasteiger partial charge in [0.2, 0.25) is 10.0 Å².